The molecular formula is C28H21NO2. The Labute approximate surface area is 180 Å². The standard InChI is InChI=1S/C28H21NO2/c1-2-10-24-29-22-17-23-26-20(15-9-16-21(26)28(22)31-24)25(18-11-5-3-6-12-18)27(30-23)19-13-7-4-8-14-19/h3-9,11-17H,2,10H2,1H3. The molecule has 0 fully saturated rings. The van der Waals surface area contributed by atoms with E-state index in [2.05, 4.69) is 61.5 Å². The maximum atomic E-state index is 6.63. The molecule has 0 amide bonds. The Morgan fingerprint density at radius 3 is 2.29 bits per heavy atom. The topological polar surface area (TPSA) is 35.3 Å². The second kappa shape index (κ2) is 7.13. The SMILES string of the molecule is CCCc1nc2cc3c4c(cccc4c2o1)C(c1ccccc1)=C(c1ccccc1)O3. The summed E-state index contributed by atoms with van der Waals surface area (Å²) in [6.07, 6.45) is 1.83. The minimum atomic E-state index is 0.778. The first-order chi connectivity index (χ1) is 15.3. The average Bonchev–Trinajstić information content (AvgIpc) is 3.23. The monoisotopic (exact) mass is 403 g/mol. The van der Waals surface area contributed by atoms with E-state index in [1.165, 1.54) is 0 Å². The van der Waals surface area contributed by atoms with Gasteiger partial charge >= 0.3 is 0 Å². The number of fused-ring (bicyclic) bond motifs is 2. The molecule has 0 spiro atoms. The number of oxazole rings is 1. The number of ether oxygens (including phenoxy) is 1. The molecule has 31 heavy (non-hydrogen) atoms. The molecule has 0 N–H and O–H groups in total. The highest BCUT2D eigenvalue weighted by Gasteiger charge is 2.27. The van der Waals surface area contributed by atoms with E-state index in [0.717, 1.165) is 74.4 Å². The third-order valence-electron chi connectivity index (χ3n) is 5.79. The highest BCUT2D eigenvalue weighted by atomic mass is 16.5. The minimum absolute atomic E-state index is 0.778. The van der Waals surface area contributed by atoms with Crippen LogP contribution in [0.4, 0.5) is 0 Å². The van der Waals surface area contributed by atoms with Gasteiger partial charge < -0.3 is 9.15 Å². The van der Waals surface area contributed by atoms with Gasteiger partial charge in [0.05, 0.1) is 0 Å². The molecule has 0 saturated heterocycles. The summed E-state index contributed by atoms with van der Waals surface area (Å²) in [6, 6.07) is 29.1. The Morgan fingerprint density at radius 2 is 1.55 bits per heavy atom. The predicted octanol–water partition coefficient (Wildman–Crippen LogP) is 7.24. The van der Waals surface area contributed by atoms with Gasteiger partial charge in [-0.3, -0.25) is 0 Å². The first-order valence-electron chi connectivity index (χ1n) is 10.7. The molecule has 0 bridgehead atoms. The van der Waals surface area contributed by atoms with Gasteiger partial charge in [-0.15, -0.1) is 0 Å². The lowest BCUT2D eigenvalue weighted by Gasteiger charge is -2.25. The molecule has 3 heteroatoms. The second-order valence-electron chi connectivity index (χ2n) is 7.85. The molecule has 6 rings (SSSR count). The van der Waals surface area contributed by atoms with Crippen molar-refractivity contribution in [3.8, 4) is 5.75 Å². The lowest BCUT2D eigenvalue weighted by molar-refractivity contribution is 0.519. The molecule has 0 atom stereocenters. The van der Waals surface area contributed by atoms with Crippen LogP contribution in [0.1, 0.15) is 35.9 Å². The Kier molecular flexibility index (Phi) is 4.13. The Morgan fingerprint density at radius 1 is 0.806 bits per heavy atom. The van der Waals surface area contributed by atoms with E-state index in [9.17, 15) is 0 Å². The van der Waals surface area contributed by atoms with E-state index in [-0.39, 0.29) is 0 Å². The fourth-order valence-electron chi connectivity index (χ4n) is 4.45. The van der Waals surface area contributed by atoms with Crippen molar-refractivity contribution in [1.29, 1.82) is 0 Å². The molecule has 1 aromatic heterocycles. The van der Waals surface area contributed by atoms with Gasteiger partial charge in [0.2, 0.25) is 0 Å². The fraction of sp³-hybridized carbons (Fsp3) is 0.107. The summed E-state index contributed by atoms with van der Waals surface area (Å²) >= 11 is 0. The van der Waals surface area contributed by atoms with Gasteiger partial charge in [-0.1, -0.05) is 85.8 Å². The maximum Gasteiger partial charge on any atom is 0.195 e. The fourth-order valence-corrected chi connectivity index (χ4v) is 4.45. The van der Waals surface area contributed by atoms with Crippen LogP contribution in [0.15, 0.2) is 89.3 Å². The molecule has 0 unspecified atom stereocenters. The molecule has 0 radical (unpaired) electrons. The van der Waals surface area contributed by atoms with Crippen LogP contribution in [0.2, 0.25) is 0 Å². The third kappa shape index (κ3) is 2.85. The van der Waals surface area contributed by atoms with Gasteiger partial charge in [0, 0.05) is 34.4 Å². The van der Waals surface area contributed by atoms with Gasteiger partial charge in [-0.25, -0.2) is 4.98 Å². The van der Waals surface area contributed by atoms with Gasteiger partial charge in [0.1, 0.15) is 17.0 Å². The van der Waals surface area contributed by atoms with E-state index in [1.54, 1.807) is 0 Å². The van der Waals surface area contributed by atoms with E-state index < -0.39 is 0 Å². The van der Waals surface area contributed by atoms with Crippen LogP contribution in [-0.4, -0.2) is 4.98 Å². The third-order valence-corrected chi connectivity index (χ3v) is 5.79. The van der Waals surface area contributed by atoms with Crippen molar-refractivity contribution in [2.75, 3.05) is 0 Å². The summed E-state index contributed by atoms with van der Waals surface area (Å²) in [5, 5.41) is 2.12. The van der Waals surface area contributed by atoms with Crippen LogP contribution in [0, 0.1) is 0 Å². The van der Waals surface area contributed by atoms with E-state index in [4.69, 9.17) is 14.1 Å². The van der Waals surface area contributed by atoms with Crippen LogP contribution < -0.4 is 4.74 Å². The molecule has 5 aromatic rings. The summed E-state index contributed by atoms with van der Waals surface area (Å²) in [5.41, 5.74) is 6.11. The highest BCUT2D eigenvalue weighted by Crippen LogP contribution is 2.47. The van der Waals surface area contributed by atoms with Crippen LogP contribution >= 0.6 is 0 Å². The number of nitrogens with zero attached hydrogens (tertiary/aromatic N) is 1. The molecule has 1 aliphatic rings. The van der Waals surface area contributed by atoms with Crippen LogP contribution in [0.5, 0.6) is 5.75 Å². The normalized spacial score (nSPS) is 13.1. The summed E-state index contributed by atoms with van der Waals surface area (Å²) in [4.78, 5) is 4.73. The Hall–Kier alpha value is -3.85. The number of benzene rings is 4. The molecule has 0 aliphatic carbocycles. The maximum absolute atomic E-state index is 6.63. The molecular weight excluding hydrogens is 382 g/mol. The van der Waals surface area contributed by atoms with Gasteiger partial charge in [0.25, 0.3) is 0 Å². The lowest BCUT2D eigenvalue weighted by Crippen LogP contribution is -2.07. The predicted molar refractivity (Wildman–Crippen MR) is 125 cm³/mol. The van der Waals surface area contributed by atoms with Gasteiger partial charge in [-0.05, 0) is 17.5 Å². The van der Waals surface area contributed by atoms with E-state index in [0.29, 0.717) is 0 Å². The van der Waals surface area contributed by atoms with Gasteiger partial charge in [0.15, 0.2) is 11.5 Å². The zero-order valence-electron chi connectivity index (χ0n) is 17.3. The van der Waals surface area contributed by atoms with Crippen molar-refractivity contribution in [2.45, 2.75) is 19.8 Å². The summed E-state index contributed by atoms with van der Waals surface area (Å²) in [6.45, 7) is 2.13. The van der Waals surface area contributed by atoms with Crippen molar-refractivity contribution in [3.05, 3.63) is 108 Å². The average molecular weight is 403 g/mol. The van der Waals surface area contributed by atoms with Crippen LogP contribution in [-0.2, 0) is 6.42 Å². The van der Waals surface area contributed by atoms with Crippen molar-refractivity contribution in [2.24, 2.45) is 0 Å². The lowest BCUT2D eigenvalue weighted by atomic mass is 9.88. The van der Waals surface area contributed by atoms with Crippen molar-refractivity contribution in [3.63, 3.8) is 0 Å². The molecule has 3 nitrogen and oxygen atoms in total. The highest BCUT2D eigenvalue weighted by molar-refractivity contribution is 6.16. The molecule has 150 valence electrons. The summed E-state index contributed by atoms with van der Waals surface area (Å²) in [7, 11) is 0. The van der Waals surface area contributed by atoms with Crippen molar-refractivity contribution >= 4 is 33.2 Å². The number of hydrogen-bond donors (Lipinski definition) is 0. The van der Waals surface area contributed by atoms with E-state index in [1.807, 2.05) is 30.3 Å². The number of rotatable bonds is 4. The Balaban J connectivity index is 1.69. The zero-order valence-corrected chi connectivity index (χ0v) is 17.3. The Bertz CT molecular complexity index is 1450. The van der Waals surface area contributed by atoms with Crippen LogP contribution in [0.25, 0.3) is 33.2 Å². The van der Waals surface area contributed by atoms with Crippen molar-refractivity contribution < 1.29 is 9.15 Å². The molecule has 0 saturated carbocycles. The van der Waals surface area contributed by atoms with Crippen molar-refractivity contribution in [1.82, 2.24) is 4.98 Å². The largest absolute Gasteiger partial charge is 0.455 e. The van der Waals surface area contributed by atoms with E-state index >= 15 is 0 Å². The summed E-state index contributed by atoms with van der Waals surface area (Å²) < 4.78 is 12.8. The second-order valence-corrected chi connectivity index (χ2v) is 7.85. The first-order valence-corrected chi connectivity index (χ1v) is 10.7. The zero-order chi connectivity index (χ0) is 20.8. The quantitative estimate of drug-likeness (QED) is 0.317. The first kappa shape index (κ1) is 18.0. The van der Waals surface area contributed by atoms with Crippen LogP contribution in [0.3, 0.4) is 0 Å². The van der Waals surface area contributed by atoms with Gasteiger partial charge in [-0.2, -0.15) is 0 Å². The molecule has 4 aromatic carbocycles. The minimum Gasteiger partial charge on any atom is -0.455 e. The smallest absolute Gasteiger partial charge is 0.195 e. The molecule has 1 aliphatic heterocycles. The molecule has 2 heterocycles. The summed E-state index contributed by atoms with van der Waals surface area (Å²) in [5.74, 6) is 2.47. The number of aryl methyl sites for hydroxylation is 1. The number of hydrogen-bond acceptors (Lipinski definition) is 3. The number of aromatic nitrogens is 1.